The van der Waals surface area contributed by atoms with Crippen molar-refractivity contribution in [3.05, 3.63) is 71.3 Å². The van der Waals surface area contributed by atoms with Gasteiger partial charge in [0.1, 0.15) is 17.6 Å². The number of anilines is 2. The molecule has 4 aliphatic rings. The highest BCUT2D eigenvalue weighted by molar-refractivity contribution is 6.08. The predicted molar refractivity (Wildman–Crippen MR) is 202 cm³/mol. The maximum Gasteiger partial charge on any atom is 0.437 e. The van der Waals surface area contributed by atoms with Crippen molar-refractivity contribution in [1.82, 2.24) is 39.5 Å². The summed E-state index contributed by atoms with van der Waals surface area (Å²) >= 11 is 0. The molecule has 15 nitrogen and oxygen atoms in total. The van der Waals surface area contributed by atoms with Crippen LogP contribution >= 0.6 is 0 Å². The van der Waals surface area contributed by atoms with Crippen molar-refractivity contribution < 1.29 is 36.7 Å². The summed E-state index contributed by atoms with van der Waals surface area (Å²) in [6, 6.07) is 8.67. The molecule has 1 aliphatic carbocycles. The van der Waals surface area contributed by atoms with Gasteiger partial charge in [-0.05, 0) is 55.7 Å². The molecule has 3 atom stereocenters. The fourth-order valence-corrected chi connectivity index (χ4v) is 8.62. The fraction of sp³-hybridized carbons (Fsp3) is 0.513. The fourth-order valence-electron chi connectivity index (χ4n) is 8.62. The number of nitrogens with zero attached hydrogens (tertiary/aromatic N) is 8. The van der Waals surface area contributed by atoms with E-state index in [1.54, 1.807) is 11.0 Å². The lowest BCUT2D eigenvalue weighted by Crippen LogP contribution is -2.50. The SMILES string of the molecule is N[C@@H]1C[C@@H](F)CN(c2ccn3ncc(C(=O)Nc4cn(C5CCC(C(=O)N6CCN(Cc7ccc(C8CCC(=O)NC8=O)cc7)CC6)CC5)nc4C(F)(F)F)c3n2)C1. The summed E-state index contributed by atoms with van der Waals surface area (Å²) in [5, 5.41) is 12.8. The minimum Gasteiger partial charge on any atom is -0.352 e. The third kappa shape index (κ3) is 8.41. The summed E-state index contributed by atoms with van der Waals surface area (Å²) < 4.78 is 59.6. The largest absolute Gasteiger partial charge is 0.437 e. The molecule has 1 saturated carbocycles. The molecule has 308 valence electrons. The molecule has 4 N–H and O–H groups in total. The van der Waals surface area contributed by atoms with Crippen LogP contribution in [0.25, 0.3) is 5.65 Å². The van der Waals surface area contributed by atoms with Crippen molar-refractivity contribution in [2.24, 2.45) is 11.7 Å². The number of imide groups is 1. The van der Waals surface area contributed by atoms with Gasteiger partial charge in [0.25, 0.3) is 5.91 Å². The van der Waals surface area contributed by atoms with Gasteiger partial charge < -0.3 is 20.9 Å². The Balaban J connectivity index is 0.852. The average molecular weight is 808 g/mol. The molecule has 4 amide bonds. The molecule has 1 aromatic carbocycles. The Labute approximate surface area is 330 Å². The highest BCUT2D eigenvalue weighted by Crippen LogP contribution is 2.38. The number of alkyl halides is 4. The summed E-state index contributed by atoms with van der Waals surface area (Å²) in [7, 11) is 0. The summed E-state index contributed by atoms with van der Waals surface area (Å²) in [5.74, 6) is -1.53. The van der Waals surface area contributed by atoms with Gasteiger partial charge in [-0.25, -0.2) is 13.9 Å². The van der Waals surface area contributed by atoms with Crippen LogP contribution in [0.15, 0.2) is 48.9 Å². The quantitative estimate of drug-likeness (QED) is 0.176. The molecule has 58 heavy (non-hydrogen) atoms. The lowest BCUT2D eigenvalue weighted by Gasteiger charge is -2.38. The van der Waals surface area contributed by atoms with Crippen LogP contribution in [0.5, 0.6) is 0 Å². The minimum absolute atomic E-state index is 0.0499. The number of piperazine rings is 1. The van der Waals surface area contributed by atoms with Gasteiger partial charge in [-0.15, -0.1) is 0 Å². The monoisotopic (exact) mass is 807 g/mol. The molecule has 3 saturated heterocycles. The summed E-state index contributed by atoms with van der Waals surface area (Å²) in [6.07, 6.45) is 0.856. The number of hydrogen-bond donors (Lipinski definition) is 3. The molecule has 6 heterocycles. The Kier molecular flexibility index (Phi) is 10.9. The first-order chi connectivity index (χ1) is 27.8. The van der Waals surface area contributed by atoms with Gasteiger partial charge in [-0.3, -0.25) is 34.1 Å². The first kappa shape index (κ1) is 39.4. The first-order valence-electron chi connectivity index (χ1n) is 19.7. The number of nitrogens with two attached hydrogens (primary N) is 1. The number of benzene rings is 1. The number of nitrogens with one attached hydrogen (secondary N) is 2. The lowest BCUT2D eigenvalue weighted by atomic mass is 9.85. The van der Waals surface area contributed by atoms with Gasteiger partial charge in [0.05, 0.1) is 30.4 Å². The van der Waals surface area contributed by atoms with Crippen LogP contribution in [-0.2, 0) is 27.1 Å². The van der Waals surface area contributed by atoms with Gasteiger partial charge in [0, 0.05) is 70.0 Å². The standard InChI is InChI=1S/C39H45F4N11O4/c40-26-17-27(44)21-52(20-26)32-11-12-53-35(47-32)30(18-45-53)37(57)46-31-22-54(49-34(31)39(41,42)43)28-7-5-25(6-8-28)38(58)51-15-13-50(14-16-51)19-23-1-3-24(4-2-23)29-9-10-33(55)48-36(29)56/h1-4,11-12,18,22,25-29H,5-10,13-17,19-21,44H2,(H,46,57)(H,48,55,56)/t25?,26-,27-,28?,29?/m1/s1. The topological polar surface area (TPSA) is 176 Å². The first-order valence-corrected chi connectivity index (χ1v) is 19.7. The third-order valence-corrected chi connectivity index (χ3v) is 11.7. The van der Waals surface area contributed by atoms with E-state index in [9.17, 15) is 36.7 Å². The maximum absolute atomic E-state index is 14.3. The number of fused-ring (bicyclic) bond motifs is 1. The summed E-state index contributed by atoms with van der Waals surface area (Å²) in [4.78, 5) is 61.0. The van der Waals surface area contributed by atoms with Crippen LogP contribution in [0.3, 0.4) is 0 Å². The van der Waals surface area contributed by atoms with Gasteiger partial charge in [0.2, 0.25) is 17.7 Å². The van der Waals surface area contributed by atoms with Gasteiger partial charge in [-0.2, -0.15) is 23.4 Å². The van der Waals surface area contributed by atoms with Crippen LogP contribution in [0, 0.1) is 5.92 Å². The van der Waals surface area contributed by atoms with Crippen LogP contribution in [-0.4, -0.2) is 109 Å². The van der Waals surface area contributed by atoms with E-state index in [0.717, 1.165) is 11.1 Å². The van der Waals surface area contributed by atoms with E-state index in [0.29, 0.717) is 83.6 Å². The molecule has 4 fully saturated rings. The number of hydrogen-bond acceptors (Lipinski definition) is 10. The number of aromatic nitrogens is 5. The second-order valence-corrected chi connectivity index (χ2v) is 15.8. The van der Waals surface area contributed by atoms with Gasteiger partial charge in [-0.1, -0.05) is 24.3 Å². The number of carbonyl (C=O) groups is 4. The lowest BCUT2D eigenvalue weighted by molar-refractivity contribution is -0.141. The Morgan fingerprint density at radius 2 is 1.71 bits per heavy atom. The Morgan fingerprint density at radius 1 is 0.966 bits per heavy atom. The summed E-state index contributed by atoms with van der Waals surface area (Å²) in [6.45, 7) is 3.64. The average Bonchev–Trinajstić information content (AvgIpc) is 3.83. The minimum atomic E-state index is -4.86. The highest BCUT2D eigenvalue weighted by Gasteiger charge is 2.40. The van der Waals surface area contributed by atoms with E-state index in [2.05, 4.69) is 30.7 Å². The van der Waals surface area contributed by atoms with Gasteiger partial charge >= 0.3 is 6.18 Å². The molecule has 3 aromatic heterocycles. The van der Waals surface area contributed by atoms with Crippen LogP contribution in [0.2, 0.25) is 0 Å². The smallest absolute Gasteiger partial charge is 0.352 e. The van der Waals surface area contributed by atoms with E-state index in [1.807, 2.05) is 29.2 Å². The number of rotatable bonds is 8. The zero-order valence-corrected chi connectivity index (χ0v) is 31.7. The van der Waals surface area contributed by atoms with E-state index < -0.39 is 41.7 Å². The van der Waals surface area contributed by atoms with Crippen molar-refractivity contribution in [2.45, 2.75) is 81.8 Å². The van der Waals surface area contributed by atoms with Crippen LogP contribution < -0.4 is 21.3 Å². The van der Waals surface area contributed by atoms with Crippen molar-refractivity contribution in [1.29, 1.82) is 0 Å². The molecular weight excluding hydrogens is 762 g/mol. The van der Waals surface area contributed by atoms with Crippen LogP contribution in [0.4, 0.5) is 29.1 Å². The zero-order chi connectivity index (χ0) is 40.7. The Hall–Kier alpha value is -5.43. The van der Waals surface area contributed by atoms with Crippen molar-refractivity contribution >= 4 is 40.8 Å². The van der Waals surface area contributed by atoms with Crippen molar-refractivity contribution in [3.8, 4) is 0 Å². The molecule has 0 bridgehead atoms. The molecule has 1 unspecified atom stereocenters. The number of piperidine rings is 2. The summed E-state index contributed by atoms with van der Waals surface area (Å²) in [5.41, 5.74) is 6.24. The molecule has 19 heteroatoms. The third-order valence-electron chi connectivity index (χ3n) is 11.7. The Morgan fingerprint density at radius 3 is 2.40 bits per heavy atom. The van der Waals surface area contributed by atoms with Crippen molar-refractivity contribution in [2.75, 3.05) is 49.5 Å². The molecule has 3 aliphatic heterocycles. The molecule has 8 rings (SSSR count). The number of carbonyl (C=O) groups excluding carboxylic acids is 4. The zero-order valence-electron chi connectivity index (χ0n) is 31.7. The Bertz CT molecular complexity index is 2170. The molecule has 4 aromatic rings. The molecular formula is C39H45F4N11O4. The van der Waals surface area contributed by atoms with Crippen LogP contribution in [0.1, 0.15) is 84.1 Å². The number of halogens is 4. The second kappa shape index (κ2) is 16.1. The predicted octanol–water partition coefficient (Wildman–Crippen LogP) is 3.67. The van der Waals surface area contributed by atoms with E-state index in [-0.39, 0.29) is 53.7 Å². The van der Waals surface area contributed by atoms with E-state index >= 15 is 0 Å². The van der Waals surface area contributed by atoms with E-state index in [4.69, 9.17) is 5.73 Å². The highest BCUT2D eigenvalue weighted by atomic mass is 19.4. The second-order valence-electron chi connectivity index (χ2n) is 15.8. The van der Waals surface area contributed by atoms with E-state index in [1.165, 1.54) is 27.8 Å². The molecule has 0 radical (unpaired) electrons. The van der Waals surface area contributed by atoms with Crippen molar-refractivity contribution in [3.63, 3.8) is 0 Å². The molecule has 0 spiro atoms. The van der Waals surface area contributed by atoms with Gasteiger partial charge in [0.15, 0.2) is 11.3 Å². The maximum atomic E-state index is 14.3. The number of amides is 4. The normalized spacial score (nSPS) is 24.9.